The molecule has 0 spiro atoms. The molecule has 0 aromatic rings. The first-order valence-electron chi connectivity index (χ1n) is 3.82. The summed E-state index contributed by atoms with van der Waals surface area (Å²) in [5.41, 5.74) is 0. The van der Waals surface area contributed by atoms with Crippen molar-refractivity contribution in [2.45, 2.75) is 31.0 Å². The van der Waals surface area contributed by atoms with Crippen LogP contribution >= 0.6 is 0 Å². The molecule has 76 valence electrons. The Kier molecular flexibility index (Phi) is 3.15. The van der Waals surface area contributed by atoms with E-state index in [2.05, 4.69) is 4.74 Å². The van der Waals surface area contributed by atoms with Crippen LogP contribution in [0.2, 0.25) is 0 Å². The van der Waals surface area contributed by atoms with Gasteiger partial charge in [0.05, 0.1) is 12.7 Å². The highest BCUT2D eigenvalue weighted by Gasteiger charge is 2.43. The minimum Gasteiger partial charge on any atom is -0.394 e. The lowest BCUT2D eigenvalue weighted by molar-refractivity contribution is -0.551. The SMILES string of the molecule is O=[N+]([O-])C1CC(CO)O[C@H](O)C1O. The van der Waals surface area contributed by atoms with E-state index >= 15 is 0 Å². The van der Waals surface area contributed by atoms with Gasteiger partial charge < -0.3 is 20.1 Å². The van der Waals surface area contributed by atoms with Crippen molar-refractivity contribution < 1.29 is 25.0 Å². The number of rotatable bonds is 2. The Hall–Kier alpha value is -0.760. The van der Waals surface area contributed by atoms with Gasteiger partial charge in [-0.3, -0.25) is 10.1 Å². The molecule has 0 bridgehead atoms. The van der Waals surface area contributed by atoms with Crippen LogP contribution in [0.1, 0.15) is 6.42 Å². The normalized spacial score (nSPS) is 40.2. The monoisotopic (exact) mass is 193 g/mol. The van der Waals surface area contributed by atoms with E-state index in [0.29, 0.717) is 0 Å². The third kappa shape index (κ3) is 2.13. The van der Waals surface area contributed by atoms with E-state index in [1.807, 2.05) is 0 Å². The molecule has 1 aliphatic heterocycles. The van der Waals surface area contributed by atoms with Crippen molar-refractivity contribution in [1.29, 1.82) is 0 Å². The second-order valence-electron chi connectivity index (χ2n) is 2.91. The summed E-state index contributed by atoms with van der Waals surface area (Å²) in [5, 5.41) is 37.2. The zero-order chi connectivity index (χ0) is 10.0. The van der Waals surface area contributed by atoms with E-state index < -0.39 is 36.1 Å². The first-order valence-corrected chi connectivity index (χ1v) is 3.82. The lowest BCUT2D eigenvalue weighted by atomic mass is 10.0. The molecule has 0 saturated carbocycles. The minimum atomic E-state index is -1.60. The fourth-order valence-electron chi connectivity index (χ4n) is 1.26. The molecular formula is C6H11NO6. The maximum absolute atomic E-state index is 10.4. The van der Waals surface area contributed by atoms with Crippen molar-refractivity contribution in [3.63, 3.8) is 0 Å². The van der Waals surface area contributed by atoms with Gasteiger partial charge >= 0.3 is 0 Å². The quantitative estimate of drug-likeness (QED) is 0.348. The summed E-state index contributed by atoms with van der Waals surface area (Å²) in [6, 6.07) is -1.28. The number of nitro groups is 1. The summed E-state index contributed by atoms with van der Waals surface area (Å²) in [4.78, 5) is 9.69. The molecule has 0 aromatic heterocycles. The highest BCUT2D eigenvalue weighted by molar-refractivity contribution is 4.80. The molecule has 4 atom stereocenters. The van der Waals surface area contributed by atoms with Crippen LogP contribution in [0.4, 0.5) is 0 Å². The van der Waals surface area contributed by atoms with Gasteiger partial charge in [-0.2, -0.15) is 0 Å². The molecule has 0 amide bonds. The van der Waals surface area contributed by atoms with Crippen molar-refractivity contribution in [2.75, 3.05) is 6.61 Å². The van der Waals surface area contributed by atoms with Gasteiger partial charge in [0.15, 0.2) is 12.4 Å². The van der Waals surface area contributed by atoms with Crippen LogP contribution in [0.25, 0.3) is 0 Å². The lowest BCUT2D eigenvalue weighted by Crippen LogP contribution is -2.52. The van der Waals surface area contributed by atoms with Crippen molar-refractivity contribution in [3.8, 4) is 0 Å². The number of hydrogen-bond acceptors (Lipinski definition) is 6. The summed E-state index contributed by atoms with van der Waals surface area (Å²) >= 11 is 0. The van der Waals surface area contributed by atoms with Crippen molar-refractivity contribution in [2.24, 2.45) is 0 Å². The molecule has 1 fully saturated rings. The Morgan fingerprint density at radius 1 is 1.54 bits per heavy atom. The topological polar surface area (TPSA) is 113 Å². The molecule has 1 rings (SSSR count). The number of aliphatic hydroxyl groups excluding tert-OH is 3. The number of ether oxygens (including phenoxy) is 1. The van der Waals surface area contributed by atoms with Crippen molar-refractivity contribution in [3.05, 3.63) is 10.1 Å². The van der Waals surface area contributed by atoms with Crippen LogP contribution in [0.15, 0.2) is 0 Å². The van der Waals surface area contributed by atoms with Gasteiger partial charge in [0.25, 0.3) is 0 Å². The smallest absolute Gasteiger partial charge is 0.246 e. The molecule has 0 radical (unpaired) electrons. The summed E-state index contributed by atoms with van der Waals surface area (Å²) < 4.78 is 4.68. The fourth-order valence-corrected chi connectivity index (χ4v) is 1.26. The first-order chi connectivity index (χ1) is 6.06. The Morgan fingerprint density at radius 3 is 2.62 bits per heavy atom. The molecule has 0 aromatic carbocycles. The Labute approximate surface area is 73.7 Å². The van der Waals surface area contributed by atoms with E-state index in [0.717, 1.165) is 0 Å². The molecule has 1 aliphatic rings. The van der Waals surface area contributed by atoms with Crippen LogP contribution in [0.3, 0.4) is 0 Å². The second kappa shape index (κ2) is 3.97. The van der Waals surface area contributed by atoms with Gasteiger partial charge in [-0.25, -0.2) is 0 Å². The Balaban J connectivity index is 2.66. The molecular weight excluding hydrogens is 182 g/mol. The third-order valence-electron chi connectivity index (χ3n) is 2.00. The van der Waals surface area contributed by atoms with Gasteiger partial charge in [0.2, 0.25) is 6.04 Å². The number of aliphatic hydroxyl groups is 3. The molecule has 1 saturated heterocycles. The summed E-state index contributed by atoms with van der Waals surface area (Å²) in [5.74, 6) is 0. The molecule has 3 N–H and O–H groups in total. The van der Waals surface area contributed by atoms with Crippen LogP contribution in [0.5, 0.6) is 0 Å². The van der Waals surface area contributed by atoms with Gasteiger partial charge in [0, 0.05) is 11.3 Å². The van der Waals surface area contributed by atoms with Crippen LogP contribution in [-0.4, -0.2) is 51.4 Å². The predicted molar refractivity (Wildman–Crippen MR) is 39.4 cm³/mol. The van der Waals surface area contributed by atoms with Crippen LogP contribution in [-0.2, 0) is 4.74 Å². The lowest BCUT2D eigenvalue weighted by Gasteiger charge is -2.31. The number of nitrogens with zero attached hydrogens (tertiary/aromatic N) is 1. The maximum atomic E-state index is 10.4. The molecule has 7 heteroatoms. The molecule has 7 nitrogen and oxygen atoms in total. The Bertz CT molecular complexity index is 198. The fraction of sp³-hybridized carbons (Fsp3) is 1.00. The third-order valence-corrected chi connectivity index (χ3v) is 2.00. The zero-order valence-electron chi connectivity index (χ0n) is 6.74. The highest BCUT2D eigenvalue weighted by Crippen LogP contribution is 2.20. The van der Waals surface area contributed by atoms with Crippen molar-refractivity contribution >= 4 is 0 Å². The minimum absolute atomic E-state index is 0.0955. The van der Waals surface area contributed by atoms with E-state index in [9.17, 15) is 10.1 Å². The van der Waals surface area contributed by atoms with E-state index in [1.54, 1.807) is 0 Å². The predicted octanol–water partition coefficient (Wildman–Crippen LogP) is -1.91. The molecule has 0 aliphatic carbocycles. The average molecular weight is 193 g/mol. The zero-order valence-corrected chi connectivity index (χ0v) is 6.74. The second-order valence-corrected chi connectivity index (χ2v) is 2.91. The van der Waals surface area contributed by atoms with E-state index in [-0.39, 0.29) is 6.42 Å². The van der Waals surface area contributed by atoms with Gasteiger partial charge in [-0.15, -0.1) is 0 Å². The Morgan fingerprint density at radius 2 is 2.15 bits per heavy atom. The summed E-state index contributed by atoms with van der Waals surface area (Å²) in [7, 11) is 0. The maximum Gasteiger partial charge on any atom is 0.246 e. The first kappa shape index (κ1) is 10.3. The van der Waals surface area contributed by atoms with Crippen LogP contribution < -0.4 is 0 Å². The van der Waals surface area contributed by atoms with Crippen LogP contribution in [0, 0.1) is 10.1 Å². The average Bonchev–Trinajstić information content (AvgIpc) is 2.09. The van der Waals surface area contributed by atoms with Gasteiger partial charge in [-0.1, -0.05) is 0 Å². The largest absolute Gasteiger partial charge is 0.394 e. The van der Waals surface area contributed by atoms with E-state index in [4.69, 9.17) is 15.3 Å². The van der Waals surface area contributed by atoms with Crippen molar-refractivity contribution in [1.82, 2.24) is 0 Å². The molecule has 1 heterocycles. The molecule has 13 heavy (non-hydrogen) atoms. The summed E-state index contributed by atoms with van der Waals surface area (Å²) in [6.45, 7) is -0.409. The van der Waals surface area contributed by atoms with Gasteiger partial charge in [0.1, 0.15) is 0 Å². The standard InChI is InChI=1S/C6H11NO6/c8-2-3-1-4(7(11)12)5(9)6(10)13-3/h3-6,8-10H,1-2H2/t3?,4?,5?,6-/m0/s1. The van der Waals surface area contributed by atoms with Gasteiger partial charge in [-0.05, 0) is 0 Å². The van der Waals surface area contributed by atoms with E-state index in [1.165, 1.54) is 0 Å². The highest BCUT2D eigenvalue weighted by atomic mass is 16.6. The number of hydrogen-bond donors (Lipinski definition) is 3. The molecule has 3 unspecified atom stereocenters. The summed E-state index contributed by atoms with van der Waals surface area (Å²) in [6.07, 6.45) is -4.00.